The van der Waals surface area contributed by atoms with Crippen LogP contribution in [0.25, 0.3) is 0 Å². The van der Waals surface area contributed by atoms with E-state index in [1.807, 2.05) is 0 Å². The number of aromatic nitrogens is 2. The molecule has 0 bridgehead atoms. The smallest absolute Gasteiger partial charge is 0.406 e. The topological polar surface area (TPSA) is 109 Å². The summed E-state index contributed by atoms with van der Waals surface area (Å²) in [6.45, 7) is -1.52. The molecule has 0 unspecified atom stereocenters. The Morgan fingerprint density at radius 1 is 1.45 bits per heavy atom. The minimum Gasteiger partial charge on any atom is -0.480 e. The molecule has 112 valence electrons. The van der Waals surface area contributed by atoms with Crippen molar-refractivity contribution in [1.29, 1.82) is 0 Å². The fourth-order valence-electron chi connectivity index (χ4n) is 1.25. The van der Waals surface area contributed by atoms with Gasteiger partial charge in [0.15, 0.2) is 5.82 Å². The molecule has 1 rings (SSSR count). The van der Waals surface area contributed by atoms with E-state index in [4.69, 9.17) is 5.11 Å². The normalized spacial score (nSPS) is 11.2. The molecule has 2 N–H and O–H groups in total. The number of hydrogen-bond acceptors (Lipinski definition) is 5. The van der Waals surface area contributed by atoms with Crippen LogP contribution in [0.15, 0.2) is 4.52 Å². The summed E-state index contributed by atoms with van der Waals surface area (Å²) in [5, 5.41) is 14.0. The summed E-state index contributed by atoms with van der Waals surface area (Å²) in [5.41, 5.74) is 0. The Kier molecular flexibility index (Phi) is 4.88. The third-order valence-electron chi connectivity index (χ3n) is 1.94. The van der Waals surface area contributed by atoms with Gasteiger partial charge in [0, 0.05) is 0 Å². The zero-order valence-electron chi connectivity index (χ0n) is 10.3. The minimum atomic E-state index is -4.70. The van der Waals surface area contributed by atoms with E-state index in [-0.39, 0.29) is 17.3 Å². The molecule has 8 nitrogen and oxygen atoms in total. The van der Waals surface area contributed by atoms with Gasteiger partial charge in [0.1, 0.15) is 13.1 Å². The number of carboxylic acids is 1. The van der Waals surface area contributed by atoms with Gasteiger partial charge in [-0.3, -0.25) is 4.79 Å². The van der Waals surface area contributed by atoms with Crippen LogP contribution in [0, 0.1) is 6.92 Å². The van der Waals surface area contributed by atoms with Gasteiger partial charge in [0.25, 0.3) is 0 Å². The average Bonchev–Trinajstić information content (AvgIpc) is 2.68. The molecule has 1 heterocycles. The first-order valence-corrected chi connectivity index (χ1v) is 5.28. The summed E-state index contributed by atoms with van der Waals surface area (Å²) in [7, 11) is 0. The van der Waals surface area contributed by atoms with Crippen molar-refractivity contribution in [3.8, 4) is 0 Å². The number of alkyl halides is 3. The number of amides is 2. The highest BCUT2D eigenvalue weighted by Crippen LogP contribution is 2.16. The van der Waals surface area contributed by atoms with E-state index in [9.17, 15) is 22.8 Å². The van der Waals surface area contributed by atoms with Gasteiger partial charge in [-0.2, -0.15) is 18.2 Å². The van der Waals surface area contributed by atoms with Crippen molar-refractivity contribution in [3.05, 3.63) is 11.7 Å². The zero-order chi connectivity index (χ0) is 15.3. The van der Waals surface area contributed by atoms with Gasteiger partial charge in [-0.25, -0.2) is 4.79 Å². The second kappa shape index (κ2) is 6.21. The Labute approximate surface area is 110 Å². The van der Waals surface area contributed by atoms with Gasteiger partial charge in [-0.05, 0) is 6.92 Å². The Morgan fingerprint density at radius 3 is 2.55 bits per heavy atom. The lowest BCUT2D eigenvalue weighted by Gasteiger charge is -2.21. The van der Waals surface area contributed by atoms with Gasteiger partial charge >= 0.3 is 18.2 Å². The highest BCUT2D eigenvalue weighted by Gasteiger charge is 2.34. The molecule has 11 heteroatoms. The van der Waals surface area contributed by atoms with Gasteiger partial charge < -0.3 is 19.8 Å². The Hall–Kier alpha value is -2.33. The number of aryl methyl sites for hydroxylation is 1. The molecule has 1 aromatic rings. The molecular weight excluding hydrogens is 285 g/mol. The summed E-state index contributed by atoms with van der Waals surface area (Å²) in [4.78, 5) is 25.8. The number of nitrogens with one attached hydrogen (secondary N) is 1. The van der Waals surface area contributed by atoms with Gasteiger partial charge in [-0.15, -0.1) is 0 Å². The Bertz CT molecular complexity index is 488. The molecular formula is C9H11F3N4O4. The molecule has 0 saturated carbocycles. The molecule has 0 saturated heterocycles. The summed E-state index contributed by atoms with van der Waals surface area (Å²) >= 11 is 0. The van der Waals surface area contributed by atoms with E-state index >= 15 is 0 Å². The first kappa shape index (κ1) is 15.7. The Morgan fingerprint density at radius 2 is 2.10 bits per heavy atom. The van der Waals surface area contributed by atoms with E-state index in [1.54, 1.807) is 0 Å². The summed E-state index contributed by atoms with van der Waals surface area (Å²) < 4.78 is 41.3. The monoisotopic (exact) mass is 296 g/mol. The number of carbonyl (C=O) groups is 2. The van der Waals surface area contributed by atoms with Gasteiger partial charge in [0.2, 0.25) is 5.89 Å². The predicted molar refractivity (Wildman–Crippen MR) is 56.5 cm³/mol. The van der Waals surface area contributed by atoms with Crippen molar-refractivity contribution in [2.75, 3.05) is 13.1 Å². The number of rotatable bonds is 5. The standard InChI is InChI=1S/C9H11F3N4O4/c1-5-14-6(20-15-5)2-13-8(19)16(3-7(17)18)4-9(10,11)12/h2-4H2,1H3,(H,13,19)(H,17,18). The van der Waals surface area contributed by atoms with Crippen LogP contribution >= 0.6 is 0 Å². The summed E-state index contributed by atoms with van der Waals surface area (Å²) in [6.07, 6.45) is -4.70. The molecule has 0 aromatic carbocycles. The van der Waals surface area contributed by atoms with Crippen molar-refractivity contribution in [3.63, 3.8) is 0 Å². The number of carbonyl (C=O) groups excluding carboxylic acids is 1. The first-order valence-electron chi connectivity index (χ1n) is 5.28. The minimum absolute atomic E-state index is 0.00173. The number of aliphatic carboxylic acids is 1. The van der Waals surface area contributed by atoms with Crippen LogP contribution in [0.3, 0.4) is 0 Å². The van der Waals surface area contributed by atoms with Crippen LogP contribution in [-0.2, 0) is 11.3 Å². The molecule has 0 atom stereocenters. The molecule has 1 aromatic heterocycles. The van der Waals surface area contributed by atoms with Crippen LogP contribution in [0.5, 0.6) is 0 Å². The van der Waals surface area contributed by atoms with Crippen molar-refractivity contribution >= 4 is 12.0 Å². The molecule has 0 spiro atoms. The molecule has 0 aliphatic rings. The number of hydrogen-bond donors (Lipinski definition) is 2. The molecule has 0 radical (unpaired) electrons. The molecule has 2 amide bonds. The van der Waals surface area contributed by atoms with Gasteiger partial charge in [0.05, 0.1) is 6.54 Å². The predicted octanol–water partition coefficient (Wildman–Crippen LogP) is 0.537. The van der Waals surface area contributed by atoms with Crippen LogP contribution in [0.1, 0.15) is 11.7 Å². The Balaban J connectivity index is 2.60. The zero-order valence-corrected chi connectivity index (χ0v) is 10.3. The molecule has 0 fully saturated rings. The second-order valence-electron chi connectivity index (χ2n) is 3.76. The number of halogens is 3. The van der Waals surface area contributed by atoms with Crippen molar-refractivity contribution in [2.45, 2.75) is 19.6 Å². The lowest BCUT2D eigenvalue weighted by Crippen LogP contribution is -2.46. The van der Waals surface area contributed by atoms with E-state index in [0.29, 0.717) is 5.82 Å². The van der Waals surface area contributed by atoms with E-state index in [1.165, 1.54) is 6.92 Å². The maximum absolute atomic E-state index is 12.2. The summed E-state index contributed by atoms with van der Waals surface area (Å²) in [5.74, 6) is -1.26. The average molecular weight is 296 g/mol. The van der Waals surface area contributed by atoms with Crippen molar-refractivity contribution in [2.24, 2.45) is 0 Å². The fourth-order valence-corrected chi connectivity index (χ4v) is 1.25. The summed E-state index contributed by atoms with van der Waals surface area (Å²) in [6, 6.07) is -1.19. The number of urea groups is 1. The largest absolute Gasteiger partial charge is 0.480 e. The van der Waals surface area contributed by atoms with Crippen LogP contribution in [-0.4, -0.2) is 51.4 Å². The quantitative estimate of drug-likeness (QED) is 0.820. The number of nitrogens with zero attached hydrogens (tertiary/aromatic N) is 3. The third kappa shape index (κ3) is 5.54. The van der Waals surface area contributed by atoms with E-state index < -0.39 is 31.3 Å². The van der Waals surface area contributed by atoms with E-state index in [0.717, 1.165) is 0 Å². The molecule has 0 aliphatic heterocycles. The second-order valence-corrected chi connectivity index (χ2v) is 3.76. The highest BCUT2D eigenvalue weighted by molar-refractivity contribution is 5.80. The van der Waals surface area contributed by atoms with Crippen LogP contribution in [0.4, 0.5) is 18.0 Å². The SMILES string of the molecule is Cc1noc(CNC(=O)N(CC(=O)O)CC(F)(F)F)n1. The van der Waals surface area contributed by atoms with Crippen molar-refractivity contribution in [1.82, 2.24) is 20.4 Å². The van der Waals surface area contributed by atoms with Crippen molar-refractivity contribution < 1.29 is 32.4 Å². The van der Waals surface area contributed by atoms with Crippen LogP contribution in [0.2, 0.25) is 0 Å². The highest BCUT2D eigenvalue weighted by atomic mass is 19.4. The maximum Gasteiger partial charge on any atom is 0.406 e. The van der Waals surface area contributed by atoms with Gasteiger partial charge in [-0.1, -0.05) is 5.16 Å². The lowest BCUT2D eigenvalue weighted by molar-refractivity contribution is -0.148. The van der Waals surface area contributed by atoms with Crippen LogP contribution < -0.4 is 5.32 Å². The third-order valence-corrected chi connectivity index (χ3v) is 1.94. The maximum atomic E-state index is 12.2. The van der Waals surface area contributed by atoms with E-state index in [2.05, 4.69) is 20.0 Å². The molecule has 20 heavy (non-hydrogen) atoms. The first-order chi connectivity index (χ1) is 9.17. The fraction of sp³-hybridized carbons (Fsp3) is 0.556. The lowest BCUT2D eigenvalue weighted by atomic mass is 10.4. The number of carboxylic acid groups (broad SMARTS) is 1. The molecule has 0 aliphatic carbocycles.